The molecule has 0 radical (unpaired) electrons. The molecule has 1 atom stereocenters. The summed E-state index contributed by atoms with van der Waals surface area (Å²) in [5.74, 6) is -0.892. The lowest BCUT2D eigenvalue weighted by atomic mass is 10.0. The predicted octanol–water partition coefficient (Wildman–Crippen LogP) is 4.72. The summed E-state index contributed by atoms with van der Waals surface area (Å²) in [7, 11) is 0. The Labute approximate surface area is 158 Å². The number of benzene rings is 2. The Kier molecular flexibility index (Phi) is 5.62. The zero-order valence-corrected chi connectivity index (χ0v) is 15.4. The SMILES string of the molecule is CC(c1ccc(Cl)cc1)N(C(=O)CCc1ccccc1C(=O)O)C1CC1. The molecule has 3 rings (SSSR count). The number of rotatable bonds is 7. The minimum Gasteiger partial charge on any atom is -0.478 e. The third kappa shape index (κ3) is 4.25. The van der Waals surface area contributed by atoms with E-state index in [0.29, 0.717) is 23.4 Å². The molecule has 0 aliphatic heterocycles. The first-order valence-electron chi connectivity index (χ1n) is 8.85. The fourth-order valence-corrected chi connectivity index (χ4v) is 3.43. The van der Waals surface area contributed by atoms with Crippen molar-refractivity contribution >= 4 is 23.5 Å². The number of carboxylic acid groups (broad SMARTS) is 1. The van der Waals surface area contributed by atoms with Gasteiger partial charge in [-0.05, 0) is 55.5 Å². The van der Waals surface area contributed by atoms with Gasteiger partial charge in [0.25, 0.3) is 0 Å². The molecule has 1 saturated carbocycles. The number of carbonyl (C=O) groups excluding carboxylic acids is 1. The highest BCUT2D eigenvalue weighted by Gasteiger charge is 2.35. The summed E-state index contributed by atoms with van der Waals surface area (Å²) < 4.78 is 0. The summed E-state index contributed by atoms with van der Waals surface area (Å²) >= 11 is 5.96. The van der Waals surface area contributed by atoms with E-state index in [2.05, 4.69) is 0 Å². The van der Waals surface area contributed by atoms with Crippen molar-refractivity contribution in [3.05, 3.63) is 70.2 Å². The van der Waals surface area contributed by atoms with Crippen molar-refractivity contribution in [3.63, 3.8) is 0 Å². The number of carbonyl (C=O) groups is 2. The maximum atomic E-state index is 12.9. The Balaban J connectivity index is 1.72. The zero-order chi connectivity index (χ0) is 18.7. The molecule has 1 unspecified atom stereocenters. The maximum Gasteiger partial charge on any atom is 0.335 e. The van der Waals surface area contributed by atoms with E-state index in [0.717, 1.165) is 18.4 Å². The zero-order valence-electron chi connectivity index (χ0n) is 14.7. The first-order chi connectivity index (χ1) is 12.5. The number of halogens is 1. The lowest BCUT2D eigenvalue weighted by Crippen LogP contribution is -2.35. The van der Waals surface area contributed by atoms with Gasteiger partial charge < -0.3 is 10.0 Å². The van der Waals surface area contributed by atoms with Gasteiger partial charge in [-0.2, -0.15) is 0 Å². The van der Waals surface area contributed by atoms with E-state index in [1.807, 2.05) is 36.1 Å². The molecular formula is C21H22ClNO3. The number of hydrogen-bond acceptors (Lipinski definition) is 2. The number of aromatic carboxylic acids is 1. The molecule has 0 bridgehead atoms. The Morgan fingerprint density at radius 3 is 2.42 bits per heavy atom. The average Bonchev–Trinajstić information content (AvgIpc) is 3.45. The molecule has 1 aliphatic carbocycles. The first-order valence-corrected chi connectivity index (χ1v) is 9.23. The molecule has 1 N–H and O–H groups in total. The molecule has 1 amide bonds. The molecular weight excluding hydrogens is 350 g/mol. The van der Waals surface area contributed by atoms with Gasteiger partial charge in [0.1, 0.15) is 0 Å². The topological polar surface area (TPSA) is 57.6 Å². The van der Waals surface area contributed by atoms with Crippen molar-refractivity contribution < 1.29 is 14.7 Å². The van der Waals surface area contributed by atoms with E-state index >= 15 is 0 Å². The summed E-state index contributed by atoms with van der Waals surface area (Å²) in [5.41, 5.74) is 2.02. The summed E-state index contributed by atoms with van der Waals surface area (Å²) in [4.78, 5) is 26.2. The highest BCUT2D eigenvalue weighted by atomic mass is 35.5. The van der Waals surface area contributed by atoms with Crippen LogP contribution < -0.4 is 0 Å². The molecule has 136 valence electrons. The number of hydrogen-bond donors (Lipinski definition) is 1. The van der Waals surface area contributed by atoms with E-state index in [-0.39, 0.29) is 23.6 Å². The van der Waals surface area contributed by atoms with Crippen molar-refractivity contribution in [2.75, 3.05) is 0 Å². The molecule has 0 saturated heterocycles. The molecule has 0 aromatic heterocycles. The maximum absolute atomic E-state index is 12.9. The largest absolute Gasteiger partial charge is 0.478 e. The molecule has 0 spiro atoms. The highest BCUT2D eigenvalue weighted by Crippen LogP contribution is 2.35. The number of amides is 1. The lowest BCUT2D eigenvalue weighted by Gasteiger charge is -2.30. The fraction of sp³-hybridized carbons (Fsp3) is 0.333. The Hall–Kier alpha value is -2.33. The van der Waals surface area contributed by atoms with Crippen molar-refractivity contribution in [2.24, 2.45) is 0 Å². The van der Waals surface area contributed by atoms with Gasteiger partial charge in [-0.1, -0.05) is 41.9 Å². The highest BCUT2D eigenvalue weighted by molar-refractivity contribution is 6.30. The van der Waals surface area contributed by atoms with Gasteiger partial charge in [0.05, 0.1) is 11.6 Å². The second-order valence-electron chi connectivity index (χ2n) is 6.72. The van der Waals surface area contributed by atoms with E-state index < -0.39 is 5.97 Å². The smallest absolute Gasteiger partial charge is 0.335 e. The van der Waals surface area contributed by atoms with E-state index in [4.69, 9.17) is 11.6 Å². The molecule has 2 aromatic rings. The molecule has 0 heterocycles. The third-order valence-corrected chi connectivity index (χ3v) is 5.11. The fourth-order valence-electron chi connectivity index (χ4n) is 3.31. The Bertz CT molecular complexity index is 799. The molecule has 26 heavy (non-hydrogen) atoms. The van der Waals surface area contributed by atoms with Crippen LogP contribution in [0.1, 0.15) is 53.7 Å². The van der Waals surface area contributed by atoms with Crippen molar-refractivity contribution in [2.45, 2.75) is 44.7 Å². The average molecular weight is 372 g/mol. The van der Waals surface area contributed by atoms with Crippen LogP contribution in [0.2, 0.25) is 5.02 Å². The van der Waals surface area contributed by atoms with Gasteiger partial charge in [-0.15, -0.1) is 0 Å². The van der Waals surface area contributed by atoms with Crippen LogP contribution in [0.15, 0.2) is 48.5 Å². The van der Waals surface area contributed by atoms with Gasteiger partial charge in [0.2, 0.25) is 5.91 Å². The van der Waals surface area contributed by atoms with E-state index in [9.17, 15) is 14.7 Å². The van der Waals surface area contributed by atoms with Crippen molar-refractivity contribution in [1.29, 1.82) is 0 Å². The number of nitrogens with zero attached hydrogens (tertiary/aromatic N) is 1. The number of aryl methyl sites for hydroxylation is 1. The Morgan fingerprint density at radius 2 is 1.81 bits per heavy atom. The standard InChI is InChI=1S/C21H22ClNO3/c1-14(15-6-9-17(22)10-7-15)23(18-11-12-18)20(24)13-8-16-4-2-3-5-19(16)21(25)26/h2-7,9-10,14,18H,8,11-13H2,1H3,(H,25,26). The summed E-state index contributed by atoms with van der Waals surface area (Å²) in [6, 6.07) is 14.7. The monoisotopic (exact) mass is 371 g/mol. The Morgan fingerprint density at radius 1 is 1.15 bits per heavy atom. The third-order valence-electron chi connectivity index (χ3n) is 4.85. The summed E-state index contributed by atoms with van der Waals surface area (Å²) in [6.45, 7) is 2.03. The van der Waals surface area contributed by atoms with Gasteiger partial charge in [0.15, 0.2) is 0 Å². The predicted molar refractivity (Wildman–Crippen MR) is 101 cm³/mol. The number of carboxylic acids is 1. The first kappa shape index (κ1) is 18.5. The van der Waals surface area contributed by atoms with Crippen LogP contribution in [0.5, 0.6) is 0 Å². The molecule has 2 aromatic carbocycles. The second-order valence-corrected chi connectivity index (χ2v) is 7.16. The molecule has 1 fully saturated rings. The minimum absolute atomic E-state index is 0.0259. The van der Waals surface area contributed by atoms with E-state index in [1.165, 1.54) is 0 Å². The van der Waals surface area contributed by atoms with Crippen LogP contribution in [0.4, 0.5) is 0 Å². The van der Waals surface area contributed by atoms with Gasteiger partial charge >= 0.3 is 5.97 Å². The van der Waals surface area contributed by atoms with Gasteiger partial charge in [-0.3, -0.25) is 4.79 Å². The van der Waals surface area contributed by atoms with Crippen molar-refractivity contribution in [3.8, 4) is 0 Å². The molecule has 1 aliphatic rings. The van der Waals surface area contributed by atoms with Crippen LogP contribution in [0, 0.1) is 0 Å². The molecule has 5 heteroatoms. The summed E-state index contributed by atoms with van der Waals surface area (Å²) in [6.07, 6.45) is 2.78. The van der Waals surface area contributed by atoms with Crippen molar-refractivity contribution in [1.82, 2.24) is 4.90 Å². The second kappa shape index (κ2) is 7.92. The van der Waals surface area contributed by atoms with Crippen LogP contribution >= 0.6 is 11.6 Å². The minimum atomic E-state index is -0.957. The summed E-state index contributed by atoms with van der Waals surface area (Å²) in [5, 5.41) is 9.97. The van der Waals surface area contributed by atoms with Crippen LogP contribution in [0.3, 0.4) is 0 Å². The normalized spacial score (nSPS) is 14.7. The molecule has 4 nitrogen and oxygen atoms in total. The van der Waals surface area contributed by atoms with Crippen LogP contribution in [-0.4, -0.2) is 27.9 Å². The van der Waals surface area contributed by atoms with Gasteiger partial charge in [-0.25, -0.2) is 4.79 Å². The van der Waals surface area contributed by atoms with Crippen LogP contribution in [0.25, 0.3) is 0 Å². The van der Waals surface area contributed by atoms with Crippen LogP contribution in [-0.2, 0) is 11.2 Å². The van der Waals surface area contributed by atoms with E-state index in [1.54, 1.807) is 24.3 Å². The van der Waals surface area contributed by atoms with Gasteiger partial charge in [0, 0.05) is 17.5 Å². The lowest BCUT2D eigenvalue weighted by molar-refractivity contribution is -0.134. The quantitative estimate of drug-likeness (QED) is 0.765.